The maximum atomic E-state index is 12.6. The van der Waals surface area contributed by atoms with Gasteiger partial charge in [-0.05, 0) is 49.7 Å². The van der Waals surface area contributed by atoms with Gasteiger partial charge in [0.05, 0.1) is 12.8 Å². The molecule has 1 aromatic heterocycles. The maximum absolute atomic E-state index is 12.6. The van der Waals surface area contributed by atoms with Crippen LogP contribution in [0.4, 0.5) is 5.69 Å². The number of nitrogens with zero attached hydrogens (tertiary/aromatic N) is 1. The van der Waals surface area contributed by atoms with Crippen molar-refractivity contribution in [2.75, 3.05) is 25.1 Å². The largest absolute Gasteiger partial charge is 0.495 e. The molecule has 0 aliphatic carbocycles. The lowest BCUT2D eigenvalue weighted by molar-refractivity contribution is 0.0914. The summed E-state index contributed by atoms with van der Waals surface area (Å²) in [5, 5.41) is 4.68. The van der Waals surface area contributed by atoms with Crippen LogP contribution in [-0.4, -0.2) is 32.1 Å². The molecule has 1 saturated heterocycles. The summed E-state index contributed by atoms with van der Waals surface area (Å²) in [6, 6.07) is 13.3. The summed E-state index contributed by atoms with van der Waals surface area (Å²) in [5.74, 6) is 0.933. The number of methoxy groups -OCH3 is 1. The van der Waals surface area contributed by atoms with Crippen LogP contribution in [0.2, 0.25) is 5.02 Å². The first-order chi connectivity index (χ1) is 13.0. The molecule has 0 spiro atoms. The van der Waals surface area contributed by atoms with Gasteiger partial charge in [0.15, 0.2) is 5.76 Å². The Morgan fingerprint density at radius 1 is 1.26 bits per heavy atom. The Labute approximate surface area is 162 Å². The van der Waals surface area contributed by atoms with Crippen LogP contribution in [0.3, 0.4) is 0 Å². The van der Waals surface area contributed by atoms with Crippen molar-refractivity contribution in [1.29, 1.82) is 0 Å². The number of furan rings is 1. The molecule has 5 nitrogen and oxygen atoms in total. The molecule has 0 saturated carbocycles. The predicted molar refractivity (Wildman–Crippen MR) is 107 cm³/mol. The van der Waals surface area contributed by atoms with E-state index >= 15 is 0 Å². The number of hydrogen-bond acceptors (Lipinski definition) is 4. The molecule has 1 aliphatic rings. The van der Waals surface area contributed by atoms with Crippen LogP contribution in [0.1, 0.15) is 22.5 Å². The molecule has 1 amide bonds. The van der Waals surface area contributed by atoms with E-state index in [9.17, 15) is 4.79 Å². The summed E-state index contributed by atoms with van der Waals surface area (Å²) in [4.78, 5) is 14.8. The van der Waals surface area contributed by atoms with Gasteiger partial charge in [-0.15, -0.1) is 0 Å². The Kier molecular flexibility index (Phi) is 4.70. The standard InChI is InChI=1S/C21H21ClN2O3/c1-13-3-5-18-14(9-13)10-20(27-18)21(25)23-16-7-8-24(12-16)17-11-15(22)4-6-19(17)26-2/h3-6,9-11,16H,7-8,12H2,1-2H3,(H,23,25). The van der Waals surface area contributed by atoms with E-state index in [1.165, 1.54) is 0 Å². The summed E-state index contributed by atoms with van der Waals surface area (Å²) in [7, 11) is 1.64. The van der Waals surface area contributed by atoms with Crippen LogP contribution < -0.4 is 15.0 Å². The average Bonchev–Trinajstić information content (AvgIpc) is 3.28. The summed E-state index contributed by atoms with van der Waals surface area (Å²) >= 11 is 6.14. The zero-order chi connectivity index (χ0) is 19.0. The van der Waals surface area contributed by atoms with E-state index in [1.54, 1.807) is 13.2 Å². The molecular formula is C21H21ClN2O3. The highest BCUT2D eigenvalue weighted by molar-refractivity contribution is 6.31. The minimum atomic E-state index is -0.186. The molecule has 2 aromatic carbocycles. The number of nitrogens with one attached hydrogen (secondary N) is 1. The maximum Gasteiger partial charge on any atom is 0.287 e. The van der Waals surface area contributed by atoms with Gasteiger partial charge in [0, 0.05) is 29.5 Å². The summed E-state index contributed by atoms with van der Waals surface area (Å²) < 4.78 is 11.1. The number of ether oxygens (including phenoxy) is 1. The quantitative estimate of drug-likeness (QED) is 0.723. The molecule has 4 rings (SSSR count). The number of anilines is 1. The van der Waals surface area contributed by atoms with Crippen LogP contribution in [0, 0.1) is 6.92 Å². The zero-order valence-electron chi connectivity index (χ0n) is 15.3. The summed E-state index contributed by atoms with van der Waals surface area (Å²) in [6.45, 7) is 3.53. The lowest BCUT2D eigenvalue weighted by atomic mass is 10.2. The van der Waals surface area contributed by atoms with E-state index in [4.69, 9.17) is 20.8 Å². The van der Waals surface area contributed by atoms with Crippen molar-refractivity contribution in [2.45, 2.75) is 19.4 Å². The van der Waals surface area contributed by atoms with Crippen LogP contribution in [0.5, 0.6) is 5.75 Å². The number of rotatable bonds is 4. The van der Waals surface area contributed by atoms with Crippen LogP contribution in [0.15, 0.2) is 46.9 Å². The van der Waals surface area contributed by atoms with Gasteiger partial charge in [0.25, 0.3) is 5.91 Å². The molecule has 1 N–H and O–H groups in total. The van der Waals surface area contributed by atoms with Gasteiger partial charge in [-0.2, -0.15) is 0 Å². The third kappa shape index (κ3) is 3.60. The Morgan fingerprint density at radius 3 is 2.93 bits per heavy atom. The topological polar surface area (TPSA) is 54.7 Å². The zero-order valence-corrected chi connectivity index (χ0v) is 16.0. The SMILES string of the molecule is COc1ccc(Cl)cc1N1CCC(NC(=O)c2cc3cc(C)ccc3o2)C1. The molecule has 140 valence electrons. The number of carbonyl (C=O) groups is 1. The average molecular weight is 385 g/mol. The predicted octanol–water partition coefficient (Wildman–Crippen LogP) is 4.41. The van der Waals surface area contributed by atoms with Crippen molar-refractivity contribution in [3.05, 3.63) is 58.8 Å². The first-order valence-electron chi connectivity index (χ1n) is 8.93. The molecule has 1 fully saturated rings. The number of halogens is 1. The van der Waals surface area contributed by atoms with E-state index < -0.39 is 0 Å². The number of aryl methyl sites for hydroxylation is 1. The van der Waals surface area contributed by atoms with Crippen molar-refractivity contribution in [1.82, 2.24) is 5.32 Å². The van der Waals surface area contributed by atoms with Crippen LogP contribution >= 0.6 is 11.6 Å². The number of carbonyl (C=O) groups excluding carboxylic acids is 1. The number of benzene rings is 2. The molecule has 2 heterocycles. The Bertz CT molecular complexity index is 998. The van der Waals surface area contributed by atoms with E-state index in [0.29, 0.717) is 17.3 Å². The van der Waals surface area contributed by atoms with Gasteiger partial charge < -0.3 is 19.4 Å². The monoisotopic (exact) mass is 384 g/mol. The molecule has 1 unspecified atom stereocenters. The van der Waals surface area contributed by atoms with Crippen molar-refractivity contribution in [3.63, 3.8) is 0 Å². The van der Waals surface area contributed by atoms with Gasteiger partial charge in [-0.1, -0.05) is 23.2 Å². The number of fused-ring (bicyclic) bond motifs is 1. The molecule has 3 aromatic rings. The van der Waals surface area contributed by atoms with Gasteiger partial charge in [0.1, 0.15) is 11.3 Å². The van der Waals surface area contributed by atoms with Gasteiger partial charge in [-0.3, -0.25) is 4.79 Å². The second-order valence-electron chi connectivity index (χ2n) is 6.87. The normalized spacial score (nSPS) is 16.7. The van der Waals surface area contributed by atoms with Gasteiger partial charge in [-0.25, -0.2) is 0 Å². The van der Waals surface area contributed by atoms with Crippen LogP contribution in [-0.2, 0) is 0 Å². The minimum absolute atomic E-state index is 0.0381. The molecule has 0 bridgehead atoms. The lowest BCUT2D eigenvalue weighted by Gasteiger charge is -2.21. The Balaban J connectivity index is 1.46. The van der Waals surface area contributed by atoms with Gasteiger partial charge >= 0.3 is 0 Å². The van der Waals surface area contributed by atoms with E-state index in [0.717, 1.165) is 40.9 Å². The molecule has 0 radical (unpaired) electrons. The molecule has 27 heavy (non-hydrogen) atoms. The number of amides is 1. The highest BCUT2D eigenvalue weighted by Crippen LogP contribution is 2.33. The fourth-order valence-corrected chi connectivity index (χ4v) is 3.70. The molecule has 6 heteroatoms. The van der Waals surface area contributed by atoms with E-state index in [1.807, 2.05) is 43.3 Å². The third-order valence-electron chi connectivity index (χ3n) is 4.90. The third-order valence-corrected chi connectivity index (χ3v) is 5.14. The molecule has 1 aliphatic heterocycles. The lowest BCUT2D eigenvalue weighted by Crippen LogP contribution is -2.37. The first-order valence-corrected chi connectivity index (χ1v) is 9.31. The first kappa shape index (κ1) is 17.7. The minimum Gasteiger partial charge on any atom is -0.495 e. The molecule has 1 atom stereocenters. The van der Waals surface area contributed by atoms with Crippen LogP contribution in [0.25, 0.3) is 11.0 Å². The highest BCUT2D eigenvalue weighted by Gasteiger charge is 2.27. The van der Waals surface area contributed by atoms with Crippen molar-refractivity contribution < 1.29 is 13.9 Å². The highest BCUT2D eigenvalue weighted by atomic mass is 35.5. The summed E-state index contributed by atoms with van der Waals surface area (Å²) in [6.07, 6.45) is 0.848. The fourth-order valence-electron chi connectivity index (χ4n) is 3.54. The van der Waals surface area contributed by atoms with E-state index in [-0.39, 0.29) is 11.9 Å². The van der Waals surface area contributed by atoms with E-state index in [2.05, 4.69) is 10.2 Å². The molecular weight excluding hydrogens is 364 g/mol. The van der Waals surface area contributed by atoms with Crippen molar-refractivity contribution >= 4 is 34.2 Å². The second kappa shape index (κ2) is 7.16. The fraction of sp³-hybridized carbons (Fsp3) is 0.286. The van der Waals surface area contributed by atoms with Crippen molar-refractivity contribution in [3.8, 4) is 5.75 Å². The Hall–Kier alpha value is -2.66. The number of hydrogen-bond donors (Lipinski definition) is 1. The second-order valence-corrected chi connectivity index (χ2v) is 7.31. The summed E-state index contributed by atoms with van der Waals surface area (Å²) in [5.41, 5.74) is 2.81. The van der Waals surface area contributed by atoms with Gasteiger partial charge in [0.2, 0.25) is 0 Å². The smallest absolute Gasteiger partial charge is 0.287 e. The Morgan fingerprint density at radius 2 is 2.11 bits per heavy atom. The van der Waals surface area contributed by atoms with Crippen molar-refractivity contribution in [2.24, 2.45) is 0 Å².